The van der Waals surface area contributed by atoms with Crippen molar-refractivity contribution in [3.05, 3.63) is 58.8 Å². The van der Waals surface area contributed by atoms with Gasteiger partial charge >= 0.3 is 5.97 Å². The van der Waals surface area contributed by atoms with Crippen molar-refractivity contribution in [1.82, 2.24) is 0 Å². The quantitative estimate of drug-likeness (QED) is 0.217. The lowest BCUT2D eigenvalue weighted by atomic mass is 9.99. The summed E-state index contributed by atoms with van der Waals surface area (Å²) in [6, 6.07) is 7.77. The van der Waals surface area contributed by atoms with Crippen LogP contribution < -0.4 is 14.9 Å². The molecule has 0 radical (unpaired) electrons. The summed E-state index contributed by atoms with van der Waals surface area (Å²) >= 11 is 0. The second-order valence-electron chi connectivity index (χ2n) is 8.41. The van der Waals surface area contributed by atoms with Crippen LogP contribution in [0.2, 0.25) is 0 Å². The van der Waals surface area contributed by atoms with Gasteiger partial charge in [-0.3, -0.25) is 4.79 Å². The zero-order valence-corrected chi connectivity index (χ0v) is 20.3. The van der Waals surface area contributed by atoms with Crippen LogP contribution in [0.1, 0.15) is 6.92 Å². The predicted octanol–water partition coefficient (Wildman–Crippen LogP) is 1.19. The molecule has 1 aliphatic rings. The Balaban J connectivity index is 1.69. The standard InChI is InChI=1S/C26H26O12/c1-3-5-20(30)35-11-19-23(31)24(32)25(33)26(38-19)37-16-7-4-6-13(27)22(16)18-10-15(29)21-14(28)8-12(34-2)9-17(21)36-18/h3-10,19,23-28,31-33H,11H2,1-2H3/b5-3+/t19-,23-,24+,25-,26-/m1/s1. The Bertz CT molecular complexity index is 1410. The van der Waals surface area contributed by atoms with E-state index in [1.54, 1.807) is 6.92 Å². The highest BCUT2D eigenvalue weighted by Gasteiger charge is 2.45. The predicted molar refractivity (Wildman–Crippen MR) is 131 cm³/mol. The number of fused-ring (bicyclic) bond motifs is 1. The van der Waals surface area contributed by atoms with Crippen LogP contribution in [0.5, 0.6) is 23.0 Å². The number of hydrogen-bond acceptors (Lipinski definition) is 12. The minimum Gasteiger partial charge on any atom is -0.507 e. The van der Waals surface area contributed by atoms with E-state index in [9.17, 15) is 35.1 Å². The maximum Gasteiger partial charge on any atom is 0.330 e. The van der Waals surface area contributed by atoms with Gasteiger partial charge in [0.25, 0.3) is 0 Å². The zero-order valence-electron chi connectivity index (χ0n) is 20.3. The van der Waals surface area contributed by atoms with E-state index in [4.69, 9.17) is 23.4 Å². The van der Waals surface area contributed by atoms with Crippen molar-refractivity contribution in [2.24, 2.45) is 0 Å². The number of esters is 1. The highest BCUT2D eigenvalue weighted by atomic mass is 16.7. The third-order valence-electron chi connectivity index (χ3n) is 5.87. The molecule has 202 valence electrons. The number of benzene rings is 2. The number of aliphatic hydroxyl groups excluding tert-OH is 3. The monoisotopic (exact) mass is 530 g/mol. The number of rotatable bonds is 7. The second-order valence-corrected chi connectivity index (χ2v) is 8.41. The van der Waals surface area contributed by atoms with Crippen LogP contribution in [0, 0.1) is 0 Å². The first kappa shape index (κ1) is 26.9. The number of phenols is 2. The van der Waals surface area contributed by atoms with Crippen LogP contribution >= 0.6 is 0 Å². The number of phenolic OH excluding ortho intramolecular Hbond substituents is 2. The lowest BCUT2D eigenvalue weighted by molar-refractivity contribution is -0.278. The van der Waals surface area contributed by atoms with E-state index in [1.165, 1.54) is 43.5 Å². The van der Waals surface area contributed by atoms with Gasteiger partial charge in [-0.25, -0.2) is 4.79 Å². The van der Waals surface area contributed by atoms with Gasteiger partial charge in [0.2, 0.25) is 6.29 Å². The van der Waals surface area contributed by atoms with E-state index in [0.717, 1.165) is 12.1 Å². The number of methoxy groups -OCH3 is 1. The number of aliphatic hydroxyl groups is 3. The molecule has 0 aliphatic carbocycles. The van der Waals surface area contributed by atoms with E-state index in [2.05, 4.69) is 0 Å². The molecule has 5 N–H and O–H groups in total. The number of allylic oxidation sites excluding steroid dienone is 1. The van der Waals surface area contributed by atoms with Gasteiger partial charge in [-0.15, -0.1) is 0 Å². The first-order valence-corrected chi connectivity index (χ1v) is 11.5. The average molecular weight is 530 g/mol. The Labute approximate surface area is 215 Å². The molecule has 1 aliphatic heterocycles. The van der Waals surface area contributed by atoms with Gasteiger partial charge in [0.15, 0.2) is 5.43 Å². The zero-order chi connectivity index (χ0) is 27.6. The molecule has 2 heterocycles. The van der Waals surface area contributed by atoms with Crippen molar-refractivity contribution in [1.29, 1.82) is 0 Å². The van der Waals surface area contributed by atoms with Crippen molar-refractivity contribution in [2.75, 3.05) is 13.7 Å². The molecule has 1 saturated heterocycles. The van der Waals surface area contributed by atoms with Crippen molar-refractivity contribution in [2.45, 2.75) is 37.6 Å². The van der Waals surface area contributed by atoms with E-state index >= 15 is 0 Å². The highest BCUT2D eigenvalue weighted by Crippen LogP contribution is 2.40. The average Bonchev–Trinajstić information content (AvgIpc) is 2.88. The van der Waals surface area contributed by atoms with E-state index in [0.29, 0.717) is 0 Å². The second kappa shape index (κ2) is 11.1. The molecule has 3 aromatic rings. The molecular weight excluding hydrogens is 504 g/mol. The Morgan fingerprint density at radius 2 is 1.82 bits per heavy atom. The summed E-state index contributed by atoms with van der Waals surface area (Å²) in [7, 11) is 1.37. The number of hydrogen-bond donors (Lipinski definition) is 5. The summed E-state index contributed by atoms with van der Waals surface area (Å²) in [5.74, 6) is -1.47. The SMILES string of the molecule is C/C=C/C(=O)OC[C@H]1O[C@@H](Oc2cccc(O)c2-c2cc(=O)c3c(O)cc(OC)cc3o2)[C@H](O)[C@@H](O)[C@@H]1O. The van der Waals surface area contributed by atoms with Gasteiger partial charge < -0.3 is 48.9 Å². The van der Waals surface area contributed by atoms with Crippen LogP contribution in [0.25, 0.3) is 22.3 Å². The highest BCUT2D eigenvalue weighted by molar-refractivity contribution is 5.87. The molecule has 12 nitrogen and oxygen atoms in total. The Morgan fingerprint density at radius 3 is 2.53 bits per heavy atom. The Hall–Kier alpha value is -4.10. The van der Waals surface area contributed by atoms with Gasteiger partial charge in [-0.05, 0) is 19.1 Å². The van der Waals surface area contributed by atoms with E-state index in [1.807, 2.05) is 0 Å². The molecule has 1 aromatic heterocycles. The number of carbonyl (C=O) groups excluding carboxylic acids is 1. The van der Waals surface area contributed by atoms with Gasteiger partial charge in [0.05, 0.1) is 7.11 Å². The summed E-state index contributed by atoms with van der Waals surface area (Å²) in [4.78, 5) is 24.5. The third kappa shape index (κ3) is 5.29. The largest absolute Gasteiger partial charge is 0.507 e. The molecule has 0 saturated carbocycles. The fourth-order valence-electron chi connectivity index (χ4n) is 3.98. The summed E-state index contributed by atoms with van der Waals surface area (Å²) in [6.45, 7) is 1.16. The van der Waals surface area contributed by atoms with Gasteiger partial charge in [-0.1, -0.05) is 12.1 Å². The molecule has 0 bridgehead atoms. The number of ether oxygens (including phenoxy) is 4. The lowest BCUT2D eigenvalue weighted by Crippen LogP contribution is -2.60. The molecule has 12 heteroatoms. The van der Waals surface area contributed by atoms with Gasteiger partial charge in [0, 0.05) is 24.3 Å². The number of aromatic hydroxyl groups is 2. The molecule has 1 fully saturated rings. The van der Waals surface area contributed by atoms with Crippen molar-refractivity contribution >= 4 is 16.9 Å². The third-order valence-corrected chi connectivity index (χ3v) is 5.87. The summed E-state index contributed by atoms with van der Waals surface area (Å²) in [6.07, 6.45) is -5.32. The van der Waals surface area contributed by atoms with E-state index in [-0.39, 0.29) is 45.3 Å². The summed E-state index contributed by atoms with van der Waals surface area (Å²) in [5.41, 5.74) is -0.749. The molecule has 4 rings (SSSR count). The lowest BCUT2D eigenvalue weighted by Gasteiger charge is -2.40. The van der Waals surface area contributed by atoms with Crippen molar-refractivity contribution in [3.63, 3.8) is 0 Å². The molecule has 0 unspecified atom stereocenters. The fraction of sp³-hybridized carbons (Fsp3) is 0.308. The van der Waals surface area contributed by atoms with Crippen LogP contribution in [0.15, 0.2) is 57.8 Å². The summed E-state index contributed by atoms with van der Waals surface area (Å²) < 4.78 is 27.2. The van der Waals surface area contributed by atoms with Gasteiger partial charge in [0.1, 0.15) is 76.3 Å². The first-order valence-electron chi connectivity index (χ1n) is 11.5. The van der Waals surface area contributed by atoms with Crippen molar-refractivity contribution in [3.8, 4) is 34.3 Å². The molecule has 5 atom stereocenters. The molecular formula is C26H26O12. The van der Waals surface area contributed by atoms with Crippen molar-refractivity contribution < 1.29 is 53.7 Å². The topological polar surface area (TPSA) is 185 Å². The molecule has 0 spiro atoms. The molecule has 38 heavy (non-hydrogen) atoms. The first-order chi connectivity index (χ1) is 18.1. The van der Waals surface area contributed by atoms with Gasteiger partial charge in [-0.2, -0.15) is 0 Å². The summed E-state index contributed by atoms with van der Waals surface area (Å²) in [5, 5.41) is 51.9. The minimum absolute atomic E-state index is 0.0333. The minimum atomic E-state index is -1.74. The number of carbonyl (C=O) groups is 1. The maximum atomic E-state index is 12.8. The van der Waals surface area contributed by atoms with Crippen LogP contribution in [0.4, 0.5) is 0 Å². The van der Waals surface area contributed by atoms with E-state index < -0.39 is 48.7 Å². The Kier molecular flexibility index (Phi) is 7.88. The maximum absolute atomic E-state index is 12.8. The van der Waals surface area contributed by atoms with Crippen LogP contribution in [0.3, 0.4) is 0 Å². The Morgan fingerprint density at radius 1 is 1.05 bits per heavy atom. The normalized spacial score (nSPS) is 23.4. The molecule has 0 amide bonds. The smallest absolute Gasteiger partial charge is 0.330 e. The van der Waals surface area contributed by atoms with Crippen LogP contribution in [-0.4, -0.2) is 75.9 Å². The molecule has 2 aromatic carbocycles. The fourth-order valence-corrected chi connectivity index (χ4v) is 3.98. The van der Waals surface area contributed by atoms with Crippen LogP contribution in [-0.2, 0) is 14.3 Å².